The van der Waals surface area contributed by atoms with Crippen LogP contribution >= 0.6 is 0 Å². The fourth-order valence-corrected chi connectivity index (χ4v) is 4.91. The van der Waals surface area contributed by atoms with Crippen LogP contribution in [0.2, 0.25) is 0 Å². The molecule has 162 valence electrons. The molecule has 2 aromatic carbocycles. The van der Waals surface area contributed by atoms with Gasteiger partial charge in [0.05, 0.1) is 18.5 Å². The van der Waals surface area contributed by atoms with Gasteiger partial charge in [0.1, 0.15) is 23.3 Å². The molecule has 1 fully saturated rings. The lowest BCUT2D eigenvalue weighted by Gasteiger charge is -2.45. The molecule has 0 bridgehead atoms. The molecule has 0 aliphatic carbocycles. The summed E-state index contributed by atoms with van der Waals surface area (Å²) in [6.07, 6.45) is 2.17. The maximum Gasteiger partial charge on any atom is 0.253 e. The first kappa shape index (κ1) is 20.2. The van der Waals surface area contributed by atoms with Gasteiger partial charge in [-0.2, -0.15) is 5.26 Å². The zero-order chi connectivity index (χ0) is 22.3. The van der Waals surface area contributed by atoms with E-state index in [9.17, 15) is 10.1 Å². The van der Waals surface area contributed by atoms with E-state index in [1.165, 1.54) is 0 Å². The average Bonchev–Trinajstić information content (AvgIpc) is 3.29. The minimum Gasteiger partial charge on any atom is -0.496 e. The minimum absolute atomic E-state index is 0.00473. The molecule has 3 aromatic rings. The zero-order valence-corrected chi connectivity index (χ0v) is 18.3. The molecule has 2 aliphatic heterocycles. The molecule has 0 N–H and O–H groups in total. The van der Waals surface area contributed by atoms with Gasteiger partial charge >= 0.3 is 0 Å². The fourth-order valence-electron chi connectivity index (χ4n) is 4.91. The van der Waals surface area contributed by atoms with Crippen molar-refractivity contribution < 1.29 is 14.3 Å². The van der Waals surface area contributed by atoms with Gasteiger partial charge in [-0.05, 0) is 48.4 Å². The lowest BCUT2D eigenvalue weighted by atomic mass is 9.86. The molecule has 0 radical (unpaired) electrons. The predicted octanol–water partition coefficient (Wildman–Crippen LogP) is 4.44. The number of nitrogens with zero attached hydrogens (tertiary/aromatic N) is 3. The van der Waals surface area contributed by atoms with Crippen LogP contribution in [0.5, 0.6) is 11.5 Å². The van der Waals surface area contributed by atoms with E-state index < -0.39 is 5.60 Å². The number of likely N-dealkylation sites (tertiary alicyclic amines) is 1. The van der Waals surface area contributed by atoms with Crippen molar-refractivity contribution in [1.82, 2.24) is 9.47 Å². The highest BCUT2D eigenvalue weighted by atomic mass is 16.5. The van der Waals surface area contributed by atoms with Crippen LogP contribution in [0, 0.1) is 11.3 Å². The Bertz CT molecular complexity index is 1230. The quantitative estimate of drug-likeness (QED) is 0.620. The summed E-state index contributed by atoms with van der Waals surface area (Å²) in [4.78, 5) is 15.1. The summed E-state index contributed by atoms with van der Waals surface area (Å²) < 4.78 is 14.0. The maximum atomic E-state index is 13.2. The highest BCUT2D eigenvalue weighted by Crippen LogP contribution is 2.46. The molecule has 5 rings (SSSR count). The monoisotopic (exact) mass is 427 g/mol. The molecular weight excluding hydrogens is 402 g/mol. The number of aryl methyl sites for hydroxylation is 1. The van der Waals surface area contributed by atoms with Crippen molar-refractivity contribution in [3.63, 3.8) is 0 Å². The average molecular weight is 428 g/mol. The van der Waals surface area contributed by atoms with Crippen molar-refractivity contribution >= 4 is 5.91 Å². The first-order chi connectivity index (χ1) is 15.6. The number of methoxy groups -OCH3 is 1. The number of para-hydroxylation sites is 2. The van der Waals surface area contributed by atoms with Crippen molar-refractivity contribution in [3.05, 3.63) is 77.1 Å². The Hall–Kier alpha value is -3.72. The molecule has 1 amide bonds. The number of benzene rings is 2. The number of rotatable bonds is 3. The number of nitriles is 1. The zero-order valence-electron chi connectivity index (χ0n) is 18.3. The van der Waals surface area contributed by atoms with Crippen LogP contribution in [0.4, 0.5) is 0 Å². The number of amides is 1. The first-order valence-corrected chi connectivity index (χ1v) is 11.0. The summed E-state index contributed by atoms with van der Waals surface area (Å²) in [7, 11) is 1.64. The summed E-state index contributed by atoms with van der Waals surface area (Å²) in [5, 5.41) is 9.64. The normalized spacial score (nSPS) is 16.0. The molecule has 3 heterocycles. The smallest absolute Gasteiger partial charge is 0.253 e. The Kier molecular flexibility index (Phi) is 4.90. The topological polar surface area (TPSA) is 67.5 Å². The van der Waals surface area contributed by atoms with E-state index in [-0.39, 0.29) is 5.91 Å². The minimum atomic E-state index is -0.552. The van der Waals surface area contributed by atoms with Gasteiger partial charge in [0.25, 0.3) is 5.91 Å². The van der Waals surface area contributed by atoms with Crippen molar-refractivity contribution in [2.75, 3.05) is 20.2 Å². The van der Waals surface area contributed by atoms with Gasteiger partial charge in [0.15, 0.2) is 5.60 Å². The van der Waals surface area contributed by atoms with Gasteiger partial charge in [0.2, 0.25) is 0 Å². The van der Waals surface area contributed by atoms with E-state index >= 15 is 0 Å². The van der Waals surface area contributed by atoms with Gasteiger partial charge in [-0.15, -0.1) is 0 Å². The summed E-state index contributed by atoms with van der Waals surface area (Å²) in [6.45, 7) is 3.22. The molecule has 1 spiro atoms. The number of fused-ring (bicyclic) bond motifs is 4. The number of ether oxygens (including phenoxy) is 2. The van der Waals surface area contributed by atoms with Gasteiger partial charge in [-0.3, -0.25) is 9.36 Å². The summed E-state index contributed by atoms with van der Waals surface area (Å²) in [5.74, 6) is 1.53. The van der Waals surface area contributed by atoms with Crippen LogP contribution in [0.3, 0.4) is 0 Å². The standard InChI is InChI=1S/C26H25N3O3/c1-3-18-8-9-19(16-23(18)31-2)25(30)28-14-12-26(13-15-28)24-11-10-20(17-27)29(24)21-6-4-5-7-22(21)32-26/h4-11,16H,3,12-15H2,1-2H3. The Labute approximate surface area is 187 Å². The van der Waals surface area contributed by atoms with Crippen molar-refractivity contribution in [2.24, 2.45) is 0 Å². The highest BCUT2D eigenvalue weighted by molar-refractivity contribution is 5.94. The Balaban J connectivity index is 1.42. The molecule has 1 aromatic heterocycles. The predicted molar refractivity (Wildman–Crippen MR) is 120 cm³/mol. The number of carbonyl (C=O) groups excluding carboxylic acids is 1. The van der Waals surface area contributed by atoms with Crippen LogP contribution in [0.25, 0.3) is 5.69 Å². The fraction of sp³-hybridized carbons (Fsp3) is 0.308. The lowest BCUT2D eigenvalue weighted by molar-refractivity contribution is -0.00938. The van der Waals surface area contributed by atoms with E-state index in [1.807, 2.05) is 64.1 Å². The number of hydrogen-bond donors (Lipinski definition) is 0. The van der Waals surface area contributed by atoms with Crippen LogP contribution in [0.15, 0.2) is 54.6 Å². The number of aromatic nitrogens is 1. The van der Waals surface area contributed by atoms with Crippen molar-refractivity contribution in [2.45, 2.75) is 31.8 Å². The third-order valence-corrected chi connectivity index (χ3v) is 6.65. The van der Waals surface area contributed by atoms with Crippen LogP contribution < -0.4 is 9.47 Å². The maximum absolute atomic E-state index is 13.2. The molecule has 0 saturated carbocycles. The van der Waals surface area contributed by atoms with E-state index in [2.05, 4.69) is 13.0 Å². The van der Waals surface area contributed by atoms with Crippen molar-refractivity contribution in [1.29, 1.82) is 5.26 Å². The van der Waals surface area contributed by atoms with Gasteiger partial charge in [-0.25, -0.2) is 0 Å². The second-order valence-corrected chi connectivity index (χ2v) is 8.29. The summed E-state index contributed by atoms with van der Waals surface area (Å²) in [6, 6.07) is 19.6. The van der Waals surface area contributed by atoms with E-state index in [1.54, 1.807) is 7.11 Å². The Morgan fingerprint density at radius 1 is 1.16 bits per heavy atom. The van der Waals surface area contributed by atoms with Crippen molar-refractivity contribution in [3.8, 4) is 23.3 Å². The highest BCUT2D eigenvalue weighted by Gasteiger charge is 2.45. The molecule has 0 atom stereocenters. The van der Waals surface area contributed by atoms with E-state index in [4.69, 9.17) is 9.47 Å². The molecule has 2 aliphatic rings. The number of piperidine rings is 1. The number of hydrogen-bond acceptors (Lipinski definition) is 4. The summed E-state index contributed by atoms with van der Waals surface area (Å²) >= 11 is 0. The Morgan fingerprint density at radius 2 is 1.94 bits per heavy atom. The lowest BCUT2D eigenvalue weighted by Crippen LogP contribution is -2.50. The Morgan fingerprint density at radius 3 is 2.66 bits per heavy atom. The molecule has 0 unspecified atom stereocenters. The van der Waals surface area contributed by atoms with Crippen LogP contribution in [-0.2, 0) is 12.0 Å². The molecule has 32 heavy (non-hydrogen) atoms. The van der Waals surface area contributed by atoms with E-state index in [0.29, 0.717) is 37.2 Å². The van der Waals surface area contributed by atoms with E-state index in [0.717, 1.165) is 34.9 Å². The molecule has 1 saturated heterocycles. The van der Waals surface area contributed by atoms with Gasteiger partial charge in [-0.1, -0.05) is 25.1 Å². The van der Waals surface area contributed by atoms with Gasteiger partial charge in [0, 0.05) is 31.5 Å². The second kappa shape index (κ2) is 7.76. The van der Waals surface area contributed by atoms with Gasteiger partial charge < -0.3 is 14.4 Å². The SMILES string of the molecule is CCc1ccc(C(=O)N2CCC3(CC2)Oc2ccccc2-n2c(C#N)ccc23)cc1OC. The van der Waals surface area contributed by atoms with Crippen LogP contribution in [0.1, 0.15) is 47.1 Å². The number of carbonyl (C=O) groups is 1. The molecule has 6 heteroatoms. The third-order valence-electron chi connectivity index (χ3n) is 6.65. The molecule has 6 nitrogen and oxygen atoms in total. The largest absolute Gasteiger partial charge is 0.496 e. The second-order valence-electron chi connectivity index (χ2n) is 8.29. The third kappa shape index (κ3) is 3.04. The molecular formula is C26H25N3O3. The first-order valence-electron chi connectivity index (χ1n) is 11.0. The van der Waals surface area contributed by atoms with Crippen LogP contribution in [-0.4, -0.2) is 35.6 Å². The summed E-state index contributed by atoms with van der Waals surface area (Å²) in [5.41, 5.74) is 3.64.